The van der Waals surface area contributed by atoms with Gasteiger partial charge in [-0.05, 0) is 54.9 Å². The molecule has 0 aromatic heterocycles. The molecule has 17 heavy (non-hydrogen) atoms. The minimum absolute atomic E-state index is 0.000671. The highest BCUT2D eigenvalue weighted by molar-refractivity contribution is 9.10. The maximum absolute atomic E-state index is 13.0. The number of carbonyl (C=O) groups is 1. The maximum Gasteiger partial charge on any atom is 0.325 e. The van der Waals surface area contributed by atoms with E-state index in [1.54, 1.807) is 26.8 Å². The summed E-state index contributed by atoms with van der Waals surface area (Å²) in [6.07, 6.45) is 0. The van der Waals surface area contributed by atoms with Crippen LogP contribution in [0.15, 0.2) is 22.7 Å². The summed E-state index contributed by atoms with van der Waals surface area (Å²) in [6.45, 7) is 5.38. The Kier molecular flexibility index (Phi) is 4.51. The van der Waals surface area contributed by atoms with Crippen LogP contribution >= 0.6 is 15.9 Å². The molecule has 0 unspecified atom stereocenters. The quantitative estimate of drug-likeness (QED) is 0.870. The summed E-state index contributed by atoms with van der Waals surface area (Å²) in [5, 5.41) is 2.81. The van der Waals surface area contributed by atoms with Crippen molar-refractivity contribution in [1.82, 2.24) is 0 Å². The Morgan fingerprint density at radius 3 is 2.71 bits per heavy atom. The van der Waals surface area contributed by atoms with Crippen LogP contribution < -0.4 is 5.32 Å². The summed E-state index contributed by atoms with van der Waals surface area (Å²) in [5.74, 6) is -0.742. The van der Waals surface area contributed by atoms with E-state index < -0.39 is 5.60 Å². The molecule has 1 rings (SSSR count). The lowest BCUT2D eigenvalue weighted by molar-refractivity contribution is -0.152. The number of anilines is 1. The lowest BCUT2D eigenvalue weighted by atomic mass is 10.2. The first-order chi connectivity index (χ1) is 7.78. The fourth-order valence-electron chi connectivity index (χ4n) is 1.18. The van der Waals surface area contributed by atoms with E-state index in [0.29, 0.717) is 10.2 Å². The van der Waals surface area contributed by atoms with Gasteiger partial charge >= 0.3 is 5.97 Å². The Bertz CT molecular complexity index is 415. The second kappa shape index (κ2) is 5.49. The van der Waals surface area contributed by atoms with Gasteiger partial charge in [0, 0.05) is 4.47 Å². The van der Waals surface area contributed by atoms with Crippen molar-refractivity contribution in [3.05, 3.63) is 28.5 Å². The van der Waals surface area contributed by atoms with Crippen molar-refractivity contribution in [1.29, 1.82) is 0 Å². The smallest absolute Gasteiger partial charge is 0.325 e. The molecule has 0 radical (unpaired) electrons. The molecule has 0 amide bonds. The standard InChI is InChI=1S/C12H15BrFNO2/c1-12(2,3)17-11(16)7-15-10-6-8(14)4-5-9(10)13/h4-6,15H,7H2,1-3H3. The van der Waals surface area contributed by atoms with E-state index >= 15 is 0 Å². The highest BCUT2D eigenvalue weighted by Gasteiger charge is 2.16. The van der Waals surface area contributed by atoms with Crippen molar-refractivity contribution >= 4 is 27.6 Å². The van der Waals surface area contributed by atoms with Gasteiger partial charge in [-0.2, -0.15) is 0 Å². The first-order valence-electron chi connectivity index (χ1n) is 5.19. The van der Waals surface area contributed by atoms with Gasteiger partial charge in [-0.15, -0.1) is 0 Å². The van der Waals surface area contributed by atoms with Gasteiger partial charge in [0.05, 0.1) is 5.69 Å². The van der Waals surface area contributed by atoms with Gasteiger partial charge in [-0.1, -0.05) is 0 Å². The number of hydrogen-bond acceptors (Lipinski definition) is 3. The lowest BCUT2D eigenvalue weighted by Gasteiger charge is -2.19. The van der Waals surface area contributed by atoms with Crippen molar-refractivity contribution in [2.45, 2.75) is 26.4 Å². The van der Waals surface area contributed by atoms with Crippen molar-refractivity contribution < 1.29 is 13.9 Å². The predicted molar refractivity (Wildman–Crippen MR) is 68.4 cm³/mol. The van der Waals surface area contributed by atoms with Crippen molar-refractivity contribution in [2.75, 3.05) is 11.9 Å². The Morgan fingerprint density at radius 2 is 2.12 bits per heavy atom. The monoisotopic (exact) mass is 303 g/mol. The molecular formula is C12H15BrFNO2. The zero-order valence-corrected chi connectivity index (χ0v) is 11.6. The second-order valence-electron chi connectivity index (χ2n) is 4.56. The van der Waals surface area contributed by atoms with E-state index in [9.17, 15) is 9.18 Å². The molecule has 3 nitrogen and oxygen atoms in total. The highest BCUT2D eigenvalue weighted by atomic mass is 79.9. The summed E-state index contributed by atoms with van der Waals surface area (Å²) in [5.41, 5.74) is 0.00800. The summed E-state index contributed by atoms with van der Waals surface area (Å²) < 4.78 is 18.8. The molecule has 0 aliphatic carbocycles. The number of ether oxygens (including phenoxy) is 1. The number of benzene rings is 1. The Labute approximate surface area is 108 Å². The first-order valence-corrected chi connectivity index (χ1v) is 5.98. The number of rotatable bonds is 3. The second-order valence-corrected chi connectivity index (χ2v) is 5.42. The number of halogens is 2. The number of esters is 1. The molecule has 0 fully saturated rings. The molecule has 1 N–H and O–H groups in total. The molecule has 0 saturated heterocycles. The average molecular weight is 304 g/mol. The molecule has 0 atom stereocenters. The highest BCUT2D eigenvalue weighted by Crippen LogP contribution is 2.22. The van der Waals surface area contributed by atoms with Crippen LogP contribution in [0.2, 0.25) is 0 Å². The third kappa shape index (κ3) is 5.17. The van der Waals surface area contributed by atoms with Gasteiger partial charge in [-0.3, -0.25) is 4.79 Å². The molecule has 94 valence electrons. The Hall–Kier alpha value is -1.10. The summed E-state index contributed by atoms with van der Waals surface area (Å²) in [4.78, 5) is 11.4. The minimum atomic E-state index is -0.516. The number of hydrogen-bond donors (Lipinski definition) is 1. The van der Waals surface area contributed by atoms with E-state index in [1.165, 1.54) is 12.1 Å². The third-order valence-electron chi connectivity index (χ3n) is 1.77. The molecule has 0 heterocycles. The summed E-state index contributed by atoms with van der Waals surface area (Å²) >= 11 is 3.26. The molecule has 1 aromatic rings. The van der Waals surface area contributed by atoms with Crippen LogP contribution in [0.4, 0.5) is 10.1 Å². The normalized spacial score (nSPS) is 11.1. The van der Waals surface area contributed by atoms with E-state index in [0.717, 1.165) is 0 Å². The number of nitrogens with one attached hydrogen (secondary N) is 1. The largest absolute Gasteiger partial charge is 0.459 e. The molecule has 0 aliphatic rings. The number of carbonyl (C=O) groups excluding carboxylic acids is 1. The lowest BCUT2D eigenvalue weighted by Crippen LogP contribution is -2.28. The maximum atomic E-state index is 13.0. The topological polar surface area (TPSA) is 38.3 Å². The summed E-state index contributed by atoms with van der Waals surface area (Å²) in [6, 6.07) is 4.23. The zero-order chi connectivity index (χ0) is 13.1. The third-order valence-corrected chi connectivity index (χ3v) is 2.46. The van der Waals surface area contributed by atoms with Crippen LogP contribution in [0.3, 0.4) is 0 Å². The Morgan fingerprint density at radius 1 is 1.47 bits per heavy atom. The minimum Gasteiger partial charge on any atom is -0.459 e. The molecule has 0 saturated carbocycles. The van der Waals surface area contributed by atoms with Crippen LogP contribution in [-0.2, 0) is 9.53 Å². The predicted octanol–water partition coefficient (Wildman–Crippen LogP) is 3.34. The van der Waals surface area contributed by atoms with Crippen molar-refractivity contribution in [2.24, 2.45) is 0 Å². The Balaban J connectivity index is 2.56. The van der Waals surface area contributed by atoms with Gasteiger partial charge in [0.15, 0.2) is 0 Å². The average Bonchev–Trinajstić information content (AvgIpc) is 2.17. The van der Waals surface area contributed by atoms with Crippen molar-refractivity contribution in [3.8, 4) is 0 Å². The van der Waals surface area contributed by atoms with Crippen LogP contribution in [-0.4, -0.2) is 18.1 Å². The molecule has 0 spiro atoms. The van der Waals surface area contributed by atoms with Crippen LogP contribution in [0.25, 0.3) is 0 Å². The van der Waals surface area contributed by atoms with E-state index in [1.807, 2.05) is 0 Å². The fraction of sp³-hybridized carbons (Fsp3) is 0.417. The fourth-order valence-corrected chi connectivity index (χ4v) is 1.56. The summed E-state index contributed by atoms with van der Waals surface area (Å²) in [7, 11) is 0. The van der Waals surface area contributed by atoms with E-state index in [-0.39, 0.29) is 18.3 Å². The van der Waals surface area contributed by atoms with Crippen LogP contribution in [0.5, 0.6) is 0 Å². The van der Waals surface area contributed by atoms with Crippen molar-refractivity contribution in [3.63, 3.8) is 0 Å². The van der Waals surface area contributed by atoms with Gasteiger partial charge in [0.2, 0.25) is 0 Å². The van der Waals surface area contributed by atoms with Crippen LogP contribution in [0, 0.1) is 5.82 Å². The first kappa shape index (κ1) is 14.0. The molecule has 0 bridgehead atoms. The zero-order valence-electron chi connectivity index (χ0n) is 10.0. The SMILES string of the molecule is CC(C)(C)OC(=O)CNc1cc(F)ccc1Br. The van der Waals surface area contributed by atoms with Gasteiger partial charge in [-0.25, -0.2) is 4.39 Å². The van der Waals surface area contributed by atoms with E-state index in [4.69, 9.17) is 4.74 Å². The van der Waals surface area contributed by atoms with Gasteiger partial charge in [0.25, 0.3) is 0 Å². The molecule has 1 aromatic carbocycles. The molecule has 5 heteroatoms. The molecule has 0 aliphatic heterocycles. The van der Waals surface area contributed by atoms with Crippen LogP contribution in [0.1, 0.15) is 20.8 Å². The molecular weight excluding hydrogens is 289 g/mol. The van der Waals surface area contributed by atoms with E-state index in [2.05, 4.69) is 21.2 Å². The van der Waals surface area contributed by atoms with Gasteiger partial charge < -0.3 is 10.1 Å². The van der Waals surface area contributed by atoms with Gasteiger partial charge in [0.1, 0.15) is 18.0 Å².